The monoisotopic (exact) mass is 248 g/mol. The van der Waals surface area contributed by atoms with Crippen molar-refractivity contribution in [1.82, 2.24) is 0 Å². The molecule has 0 atom stereocenters. The maximum Gasteiger partial charge on any atom is 0.119 e. The first-order valence-corrected chi connectivity index (χ1v) is 7.51. The summed E-state index contributed by atoms with van der Waals surface area (Å²) in [5.74, 6) is 0.503. The Morgan fingerprint density at radius 1 is 0.833 bits per heavy atom. The molecule has 102 valence electrons. The first-order chi connectivity index (χ1) is 8.70. The molecule has 18 heavy (non-hydrogen) atoms. The standard InChI is InChI=1S/C17H28O/c1-4-6-8-9-11-16-15(10-7-5-2)14(3)12-13-17(16)18/h12-13,18H,4-11H2,1-3H3. The third-order valence-electron chi connectivity index (χ3n) is 3.70. The first-order valence-electron chi connectivity index (χ1n) is 7.51. The largest absolute Gasteiger partial charge is 0.508 e. The van der Waals surface area contributed by atoms with Crippen molar-refractivity contribution in [2.24, 2.45) is 0 Å². The van der Waals surface area contributed by atoms with Crippen LogP contribution in [0.3, 0.4) is 0 Å². The maximum atomic E-state index is 10.1. The Morgan fingerprint density at radius 3 is 2.17 bits per heavy atom. The van der Waals surface area contributed by atoms with Crippen LogP contribution in [0.5, 0.6) is 5.75 Å². The fourth-order valence-corrected chi connectivity index (χ4v) is 2.51. The number of benzene rings is 1. The van der Waals surface area contributed by atoms with Crippen LogP contribution in [0.2, 0.25) is 0 Å². The molecule has 0 aliphatic rings. The Balaban J connectivity index is 2.75. The molecule has 1 rings (SSSR count). The minimum Gasteiger partial charge on any atom is -0.508 e. The highest BCUT2D eigenvalue weighted by atomic mass is 16.3. The molecule has 0 amide bonds. The van der Waals surface area contributed by atoms with Gasteiger partial charge in [0.15, 0.2) is 0 Å². The van der Waals surface area contributed by atoms with Gasteiger partial charge in [0, 0.05) is 0 Å². The smallest absolute Gasteiger partial charge is 0.119 e. The van der Waals surface area contributed by atoms with E-state index in [1.54, 1.807) is 0 Å². The van der Waals surface area contributed by atoms with E-state index in [1.807, 2.05) is 6.07 Å². The van der Waals surface area contributed by atoms with Crippen molar-refractivity contribution < 1.29 is 5.11 Å². The van der Waals surface area contributed by atoms with Crippen molar-refractivity contribution in [3.63, 3.8) is 0 Å². The Labute approximate surface area is 112 Å². The van der Waals surface area contributed by atoms with E-state index in [0.29, 0.717) is 5.75 Å². The summed E-state index contributed by atoms with van der Waals surface area (Å²) in [6.45, 7) is 6.62. The third-order valence-corrected chi connectivity index (χ3v) is 3.70. The third kappa shape index (κ3) is 4.36. The van der Waals surface area contributed by atoms with Gasteiger partial charge >= 0.3 is 0 Å². The number of unbranched alkanes of at least 4 members (excludes halogenated alkanes) is 4. The molecular weight excluding hydrogens is 220 g/mol. The first kappa shape index (κ1) is 15.1. The highest BCUT2D eigenvalue weighted by molar-refractivity contribution is 5.44. The van der Waals surface area contributed by atoms with E-state index in [1.165, 1.54) is 55.2 Å². The number of hydrogen-bond donors (Lipinski definition) is 1. The Kier molecular flexibility index (Phi) is 6.85. The average molecular weight is 248 g/mol. The van der Waals surface area contributed by atoms with E-state index < -0.39 is 0 Å². The molecule has 1 N–H and O–H groups in total. The van der Waals surface area contributed by atoms with Gasteiger partial charge in [0.25, 0.3) is 0 Å². The summed E-state index contributed by atoms with van der Waals surface area (Å²) in [5, 5.41) is 10.1. The highest BCUT2D eigenvalue weighted by Gasteiger charge is 2.10. The molecule has 0 spiro atoms. The molecule has 1 aromatic rings. The van der Waals surface area contributed by atoms with Gasteiger partial charge in [0.05, 0.1) is 0 Å². The molecule has 1 heteroatoms. The zero-order valence-electron chi connectivity index (χ0n) is 12.3. The summed E-state index contributed by atoms with van der Waals surface area (Å²) in [7, 11) is 0. The van der Waals surface area contributed by atoms with Crippen LogP contribution in [-0.2, 0) is 12.8 Å². The lowest BCUT2D eigenvalue weighted by Gasteiger charge is -2.14. The number of rotatable bonds is 8. The SMILES string of the molecule is CCCCCCc1c(O)ccc(C)c1CCCC. The lowest BCUT2D eigenvalue weighted by Crippen LogP contribution is -1.99. The van der Waals surface area contributed by atoms with Gasteiger partial charge in [0.2, 0.25) is 0 Å². The Hall–Kier alpha value is -0.980. The molecule has 0 heterocycles. The second kappa shape index (κ2) is 8.18. The molecule has 0 fully saturated rings. The average Bonchev–Trinajstić information content (AvgIpc) is 2.37. The van der Waals surface area contributed by atoms with Crippen molar-refractivity contribution in [3.05, 3.63) is 28.8 Å². The van der Waals surface area contributed by atoms with E-state index in [-0.39, 0.29) is 0 Å². The second-order valence-electron chi connectivity index (χ2n) is 5.27. The topological polar surface area (TPSA) is 20.2 Å². The van der Waals surface area contributed by atoms with Crippen molar-refractivity contribution in [3.8, 4) is 5.75 Å². The van der Waals surface area contributed by atoms with Gasteiger partial charge in [-0.2, -0.15) is 0 Å². The molecule has 0 aliphatic carbocycles. The zero-order valence-corrected chi connectivity index (χ0v) is 12.3. The van der Waals surface area contributed by atoms with Crippen LogP contribution in [-0.4, -0.2) is 5.11 Å². The summed E-state index contributed by atoms with van der Waals surface area (Å²) >= 11 is 0. The van der Waals surface area contributed by atoms with Crippen molar-refractivity contribution in [2.75, 3.05) is 0 Å². The van der Waals surface area contributed by atoms with Crippen molar-refractivity contribution >= 4 is 0 Å². The zero-order chi connectivity index (χ0) is 13.4. The van der Waals surface area contributed by atoms with E-state index in [2.05, 4.69) is 26.8 Å². The van der Waals surface area contributed by atoms with Crippen LogP contribution in [0.4, 0.5) is 0 Å². The molecule has 0 aromatic heterocycles. The van der Waals surface area contributed by atoms with Gasteiger partial charge in [-0.3, -0.25) is 0 Å². The molecule has 1 nitrogen and oxygen atoms in total. The van der Waals surface area contributed by atoms with Gasteiger partial charge in [-0.05, 0) is 55.4 Å². The van der Waals surface area contributed by atoms with Crippen LogP contribution in [0, 0.1) is 6.92 Å². The minimum atomic E-state index is 0.503. The van der Waals surface area contributed by atoms with E-state index in [9.17, 15) is 5.11 Å². The summed E-state index contributed by atoms with van der Waals surface area (Å²) in [4.78, 5) is 0. The lowest BCUT2D eigenvalue weighted by molar-refractivity contribution is 0.464. The van der Waals surface area contributed by atoms with Crippen LogP contribution < -0.4 is 0 Å². The predicted molar refractivity (Wildman–Crippen MR) is 79.3 cm³/mol. The lowest BCUT2D eigenvalue weighted by atomic mass is 9.93. The molecule has 0 saturated carbocycles. The summed E-state index contributed by atoms with van der Waals surface area (Å²) < 4.78 is 0. The van der Waals surface area contributed by atoms with Gasteiger partial charge in [-0.1, -0.05) is 45.6 Å². The normalized spacial score (nSPS) is 10.8. The molecule has 0 unspecified atom stereocenters. The fraction of sp³-hybridized carbons (Fsp3) is 0.647. The Bertz CT molecular complexity index is 355. The number of phenolic OH excluding ortho intramolecular Hbond substituents is 1. The maximum absolute atomic E-state index is 10.1. The van der Waals surface area contributed by atoms with E-state index in [4.69, 9.17) is 0 Å². The number of aromatic hydroxyl groups is 1. The fourth-order valence-electron chi connectivity index (χ4n) is 2.51. The molecule has 0 aliphatic heterocycles. The van der Waals surface area contributed by atoms with Crippen molar-refractivity contribution in [1.29, 1.82) is 0 Å². The van der Waals surface area contributed by atoms with Crippen LogP contribution in [0.1, 0.15) is 69.1 Å². The summed E-state index contributed by atoms with van der Waals surface area (Å²) in [5.41, 5.74) is 3.94. The van der Waals surface area contributed by atoms with Gasteiger partial charge < -0.3 is 5.11 Å². The molecule has 0 saturated heterocycles. The van der Waals surface area contributed by atoms with Gasteiger partial charge in [-0.15, -0.1) is 0 Å². The predicted octanol–water partition coefficient (Wildman–Crippen LogP) is 5.17. The van der Waals surface area contributed by atoms with E-state index in [0.717, 1.165) is 12.8 Å². The molecular formula is C17H28O. The van der Waals surface area contributed by atoms with E-state index >= 15 is 0 Å². The second-order valence-corrected chi connectivity index (χ2v) is 5.27. The van der Waals surface area contributed by atoms with Gasteiger partial charge in [-0.25, -0.2) is 0 Å². The van der Waals surface area contributed by atoms with Crippen LogP contribution in [0.25, 0.3) is 0 Å². The number of aryl methyl sites for hydroxylation is 1. The molecule has 1 aromatic carbocycles. The summed E-state index contributed by atoms with van der Waals surface area (Å²) in [6.07, 6.45) is 9.61. The van der Waals surface area contributed by atoms with Crippen LogP contribution >= 0.6 is 0 Å². The number of hydrogen-bond acceptors (Lipinski definition) is 1. The quantitative estimate of drug-likeness (QED) is 0.629. The summed E-state index contributed by atoms with van der Waals surface area (Å²) in [6, 6.07) is 3.91. The Morgan fingerprint density at radius 2 is 1.50 bits per heavy atom. The molecule has 0 radical (unpaired) electrons. The number of phenols is 1. The van der Waals surface area contributed by atoms with Gasteiger partial charge in [0.1, 0.15) is 5.75 Å². The molecule has 0 bridgehead atoms. The van der Waals surface area contributed by atoms with Crippen molar-refractivity contribution in [2.45, 2.75) is 72.1 Å². The minimum absolute atomic E-state index is 0.503. The van der Waals surface area contributed by atoms with Crippen LogP contribution in [0.15, 0.2) is 12.1 Å². The highest BCUT2D eigenvalue weighted by Crippen LogP contribution is 2.27.